The summed E-state index contributed by atoms with van der Waals surface area (Å²) in [6.45, 7) is 6.36. The van der Waals surface area contributed by atoms with E-state index in [1.54, 1.807) is 6.20 Å². The van der Waals surface area contributed by atoms with Crippen LogP contribution in [0.1, 0.15) is 20.8 Å². The summed E-state index contributed by atoms with van der Waals surface area (Å²) in [6, 6.07) is 0. The standard InChI is InChI=1S/C9H15ClN2/c1-9(2,3)7-4-6(10)5-12-8(7)11/h4-5,8,12H,11H2,1-3H3. The quantitative estimate of drug-likeness (QED) is 0.607. The second-order valence-electron chi connectivity index (χ2n) is 4.02. The highest BCUT2D eigenvalue weighted by atomic mass is 35.5. The van der Waals surface area contributed by atoms with E-state index >= 15 is 0 Å². The van der Waals surface area contributed by atoms with E-state index in [0.29, 0.717) is 5.03 Å². The van der Waals surface area contributed by atoms with Crippen molar-refractivity contribution in [2.24, 2.45) is 11.1 Å². The van der Waals surface area contributed by atoms with E-state index in [-0.39, 0.29) is 11.6 Å². The molecule has 0 aromatic heterocycles. The molecule has 0 amide bonds. The van der Waals surface area contributed by atoms with Crippen LogP contribution in [0.15, 0.2) is 22.9 Å². The van der Waals surface area contributed by atoms with Crippen molar-refractivity contribution in [2.75, 3.05) is 0 Å². The molecule has 2 nitrogen and oxygen atoms in total. The Balaban J connectivity index is 2.94. The molecule has 1 atom stereocenters. The SMILES string of the molecule is CC(C)(C)C1=CC(Cl)=CNC1N. The van der Waals surface area contributed by atoms with Crippen molar-refractivity contribution in [1.82, 2.24) is 5.32 Å². The number of nitrogens with one attached hydrogen (secondary N) is 1. The second-order valence-corrected chi connectivity index (χ2v) is 4.46. The number of allylic oxidation sites excluding steroid dienone is 2. The summed E-state index contributed by atoms with van der Waals surface area (Å²) in [4.78, 5) is 0. The Bertz CT molecular complexity index is 235. The summed E-state index contributed by atoms with van der Waals surface area (Å²) in [7, 11) is 0. The molecule has 0 radical (unpaired) electrons. The summed E-state index contributed by atoms with van der Waals surface area (Å²) in [6.07, 6.45) is 3.55. The van der Waals surface area contributed by atoms with E-state index in [9.17, 15) is 0 Å². The molecule has 0 saturated heterocycles. The van der Waals surface area contributed by atoms with Crippen LogP contribution in [0.2, 0.25) is 0 Å². The minimum absolute atomic E-state index is 0.0703. The Morgan fingerprint density at radius 2 is 2.08 bits per heavy atom. The van der Waals surface area contributed by atoms with Gasteiger partial charge in [0.2, 0.25) is 0 Å². The summed E-state index contributed by atoms with van der Waals surface area (Å²) >= 11 is 5.85. The number of nitrogens with two attached hydrogens (primary N) is 1. The second kappa shape index (κ2) is 3.11. The first kappa shape index (κ1) is 9.62. The molecule has 1 unspecified atom stereocenters. The normalized spacial score (nSPS) is 24.2. The van der Waals surface area contributed by atoms with Gasteiger partial charge in [0.05, 0.1) is 11.2 Å². The molecule has 3 heteroatoms. The molecule has 3 N–H and O–H groups in total. The molecule has 0 aromatic carbocycles. The summed E-state index contributed by atoms with van der Waals surface area (Å²) < 4.78 is 0. The van der Waals surface area contributed by atoms with Crippen LogP contribution in [0.25, 0.3) is 0 Å². The lowest BCUT2D eigenvalue weighted by atomic mass is 9.83. The van der Waals surface area contributed by atoms with Crippen molar-refractivity contribution in [3.8, 4) is 0 Å². The molecule has 0 fully saturated rings. The molecule has 1 aliphatic rings. The molecule has 0 spiro atoms. The molecule has 68 valence electrons. The van der Waals surface area contributed by atoms with E-state index < -0.39 is 0 Å². The Morgan fingerprint density at radius 3 is 2.50 bits per heavy atom. The van der Waals surface area contributed by atoms with Gasteiger partial charge in [-0.25, -0.2) is 0 Å². The molecule has 0 aliphatic carbocycles. The van der Waals surface area contributed by atoms with Crippen molar-refractivity contribution in [3.63, 3.8) is 0 Å². The first-order valence-corrected chi connectivity index (χ1v) is 4.38. The molecule has 1 rings (SSSR count). The van der Waals surface area contributed by atoms with Gasteiger partial charge >= 0.3 is 0 Å². The maximum absolute atomic E-state index is 5.85. The van der Waals surface area contributed by atoms with Crippen molar-refractivity contribution in [2.45, 2.75) is 26.9 Å². The maximum Gasteiger partial charge on any atom is 0.0970 e. The average Bonchev–Trinajstić information content (AvgIpc) is 1.92. The fraction of sp³-hybridized carbons (Fsp3) is 0.556. The van der Waals surface area contributed by atoms with Crippen molar-refractivity contribution in [3.05, 3.63) is 22.9 Å². The molecule has 0 aromatic rings. The van der Waals surface area contributed by atoms with Crippen LogP contribution in [-0.2, 0) is 0 Å². The topological polar surface area (TPSA) is 38.0 Å². The van der Waals surface area contributed by atoms with Crippen LogP contribution in [0.3, 0.4) is 0 Å². The number of hydrogen-bond acceptors (Lipinski definition) is 2. The number of halogens is 1. The molecule has 1 heterocycles. The predicted octanol–water partition coefficient (Wildman–Crippen LogP) is 1.93. The Labute approximate surface area is 78.5 Å². The van der Waals surface area contributed by atoms with Crippen molar-refractivity contribution in [1.29, 1.82) is 0 Å². The van der Waals surface area contributed by atoms with Crippen molar-refractivity contribution < 1.29 is 0 Å². The van der Waals surface area contributed by atoms with E-state index in [1.165, 1.54) is 0 Å². The fourth-order valence-electron chi connectivity index (χ4n) is 1.22. The third-order valence-corrected chi connectivity index (χ3v) is 2.11. The number of dihydropyridines is 1. The lowest BCUT2D eigenvalue weighted by Gasteiger charge is -2.30. The highest BCUT2D eigenvalue weighted by Gasteiger charge is 2.24. The van der Waals surface area contributed by atoms with Crippen LogP contribution in [0, 0.1) is 5.41 Å². The lowest BCUT2D eigenvalue weighted by Crippen LogP contribution is -2.41. The van der Waals surface area contributed by atoms with E-state index in [0.717, 1.165) is 5.57 Å². The van der Waals surface area contributed by atoms with Gasteiger partial charge in [-0.15, -0.1) is 0 Å². The van der Waals surface area contributed by atoms with Crippen LogP contribution < -0.4 is 11.1 Å². The maximum atomic E-state index is 5.85. The zero-order valence-electron chi connectivity index (χ0n) is 7.69. The summed E-state index contributed by atoms with van der Waals surface area (Å²) in [5.41, 5.74) is 7.05. The third kappa shape index (κ3) is 2.02. The van der Waals surface area contributed by atoms with Gasteiger partial charge in [0.1, 0.15) is 0 Å². The minimum Gasteiger partial charge on any atom is -0.371 e. The lowest BCUT2D eigenvalue weighted by molar-refractivity contribution is 0.444. The van der Waals surface area contributed by atoms with E-state index in [2.05, 4.69) is 26.1 Å². The fourth-order valence-corrected chi connectivity index (χ4v) is 1.40. The first-order chi connectivity index (χ1) is 5.41. The summed E-state index contributed by atoms with van der Waals surface area (Å²) in [5.74, 6) is 0. The Morgan fingerprint density at radius 1 is 1.50 bits per heavy atom. The summed E-state index contributed by atoms with van der Waals surface area (Å²) in [5, 5.41) is 3.71. The first-order valence-electron chi connectivity index (χ1n) is 4.00. The highest BCUT2D eigenvalue weighted by molar-refractivity contribution is 6.31. The van der Waals surface area contributed by atoms with Gasteiger partial charge in [-0.05, 0) is 17.1 Å². The van der Waals surface area contributed by atoms with Gasteiger partial charge in [0.25, 0.3) is 0 Å². The average molecular weight is 187 g/mol. The van der Waals surface area contributed by atoms with Gasteiger partial charge in [-0.3, -0.25) is 0 Å². The van der Waals surface area contributed by atoms with Gasteiger partial charge < -0.3 is 11.1 Å². The Hall–Kier alpha value is -0.470. The van der Waals surface area contributed by atoms with Crippen LogP contribution in [-0.4, -0.2) is 6.17 Å². The number of rotatable bonds is 0. The molecule has 0 saturated carbocycles. The minimum atomic E-state index is -0.104. The molecule has 12 heavy (non-hydrogen) atoms. The predicted molar refractivity (Wildman–Crippen MR) is 52.6 cm³/mol. The zero-order chi connectivity index (χ0) is 9.35. The van der Waals surface area contributed by atoms with Crippen LogP contribution in [0.4, 0.5) is 0 Å². The van der Waals surface area contributed by atoms with E-state index in [1.807, 2.05) is 6.08 Å². The molecular weight excluding hydrogens is 172 g/mol. The number of hydrogen-bond donors (Lipinski definition) is 2. The van der Waals surface area contributed by atoms with Crippen LogP contribution in [0.5, 0.6) is 0 Å². The molecule has 0 bridgehead atoms. The van der Waals surface area contributed by atoms with Crippen molar-refractivity contribution >= 4 is 11.6 Å². The molecule has 1 aliphatic heterocycles. The smallest absolute Gasteiger partial charge is 0.0970 e. The monoisotopic (exact) mass is 186 g/mol. The van der Waals surface area contributed by atoms with Gasteiger partial charge in [0.15, 0.2) is 0 Å². The molecular formula is C9H15ClN2. The van der Waals surface area contributed by atoms with Gasteiger partial charge in [0, 0.05) is 6.20 Å². The largest absolute Gasteiger partial charge is 0.371 e. The third-order valence-electron chi connectivity index (χ3n) is 1.90. The highest BCUT2D eigenvalue weighted by Crippen LogP contribution is 2.29. The van der Waals surface area contributed by atoms with Crippen LogP contribution >= 0.6 is 11.6 Å². The Kier molecular flexibility index (Phi) is 2.49. The van der Waals surface area contributed by atoms with Gasteiger partial charge in [-0.1, -0.05) is 32.4 Å². The zero-order valence-corrected chi connectivity index (χ0v) is 8.44. The van der Waals surface area contributed by atoms with E-state index in [4.69, 9.17) is 17.3 Å². The van der Waals surface area contributed by atoms with Gasteiger partial charge in [-0.2, -0.15) is 0 Å².